The number of carbonyl (C=O) groups excluding carboxylic acids is 1. The number of nitro groups is 1. The summed E-state index contributed by atoms with van der Waals surface area (Å²) in [6, 6.07) is 12.4. The van der Waals surface area contributed by atoms with Crippen molar-refractivity contribution in [1.29, 1.82) is 0 Å². The van der Waals surface area contributed by atoms with Crippen LogP contribution in [0.3, 0.4) is 0 Å². The molecule has 1 atom stereocenters. The number of carbonyl (C=O) groups is 1. The summed E-state index contributed by atoms with van der Waals surface area (Å²) in [5, 5.41) is 14.3. The fraction of sp³-hybridized carbons (Fsp3) is 0.348. The molecule has 0 aromatic heterocycles. The number of nitro benzene ring substituents is 1. The first-order chi connectivity index (χ1) is 15.6. The second kappa shape index (κ2) is 10.4. The Kier molecular flexibility index (Phi) is 7.10. The number of nitrogens with one attached hydrogen (secondary N) is 1. The van der Waals surface area contributed by atoms with Gasteiger partial charge in [0, 0.05) is 49.0 Å². The Labute approximate surface area is 185 Å². The molecule has 2 aromatic rings. The van der Waals surface area contributed by atoms with Crippen LogP contribution >= 0.6 is 0 Å². The van der Waals surface area contributed by atoms with Gasteiger partial charge in [0.05, 0.1) is 30.8 Å². The van der Waals surface area contributed by atoms with E-state index in [9.17, 15) is 14.9 Å². The van der Waals surface area contributed by atoms with Gasteiger partial charge in [0.25, 0.3) is 5.69 Å². The van der Waals surface area contributed by atoms with Crippen LogP contribution in [-0.4, -0.2) is 55.4 Å². The van der Waals surface area contributed by atoms with Gasteiger partial charge < -0.3 is 19.5 Å². The van der Waals surface area contributed by atoms with Gasteiger partial charge in [0.2, 0.25) is 5.91 Å². The lowest BCUT2D eigenvalue weighted by molar-refractivity contribution is -0.385. The lowest BCUT2D eigenvalue weighted by atomic mass is 10.1. The Morgan fingerprint density at radius 2 is 1.97 bits per heavy atom. The van der Waals surface area contributed by atoms with Crippen molar-refractivity contribution >= 4 is 17.7 Å². The molecule has 0 aliphatic carbocycles. The largest absolute Gasteiger partial charge is 0.467 e. The van der Waals surface area contributed by atoms with Gasteiger partial charge in [-0.15, -0.1) is 0 Å². The number of amides is 1. The van der Waals surface area contributed by atoms with Crippen LogP contribution in [0.25, 0.3) is 6.08 Å². The van der Waals surface area contributed by atoms with E-state index in [1.54, 1.807) is 6.08 Å². The van der Waals surface area contributed by atoms with Crippen LogP contribution in [0.5, 0.6) is 5.75 Å². The SMILES string of the molecule is O=C(/C=C/c1cc([N+](=O)[O-])cc2c1OCOC2)NC(CN1CCOCC1)c1ccccc1. The summed E-state index contributed by atoms with van der Waals surface area (Å²) >= 11 is 0. The van der Waals surface area contributed by atoms with Gasteiger partial charge >= 0.3 is 0 Å². The molecule has 1 amide bonds. The number of ether oxygens (including phenoxy) is 3. The number of non-ortho nitro benzene ring substituents is 1. The van der Waals surface area contributed by atoms with Crippen molar-refractivity contribution in [3.63, 3.8) is 0 Å². The Morgan fingerprint density at radius 1 is 1.19 bits per heavy atom. The number of nitrogens with zero attached hydrogens (tertiary/aromatic N) is 2. The predicted molar refractivity (Wildman–Crippen MR) is 117 cm³/mol. The molecular formula is C23H25N3O6. The summed E-state index contributed by atoms with van der Waals surface area (Å²) in [5.74, 6) is 0.207. The van der Waals surface area contributed by atoms with Crippen LogP contribution in [0.15, 0.2) is 48.5 Å². The zero-order valence-electron chi connectivity index (χ0n) is 17.6. The van der Waals surface area contributed by atoms with E-state index >= 15 is 0 Å². The van der Waals surface area contributed by atoms with Crippen molar-refractivity contribution in [3.8, 4) is 5.75 Å². The third-order valence-corrected chi connectivity index (χ3v) is 5.41. The molecule has 2 aliphatic heterocycles. The first-order valence-corrected chi connectivity index (χ1v) is 10.5. The number of hydrogen-bond donors (Lipinski definition) is 1. The zero-order valence-corrected chi connectivity index (χ0v) is 17.6. The van der Waals surface area contributed by atoms with Crippen LogP contribution in [-0.2, 0) is 20.9 Å². The van der Waals surface area contributed by atoms with E-state index in [1.807, 2.05) is 30.3 Å². The molecule has 1 N–H and O–H groups in total. The Balaban J connectivity index is 1.51. The number of morpholine rings is 1. The van der Waals surface area contributed by atoms with Crippen LogP contribution in [0.4, 0.5) is 5.69 Å². The van der Waals surface area contributed by atoms with Crippen molar-refractivity contribution in [2.24, 2.45) is 0 Å². The van der Waals surface area contributed by atoms with E-state index in [0.717, 1.165) is 18.7 Å². The summed E-state index contributed by atoms with van der Waals surface area (Å²) < 4.78 is 16.2. The van der Waals surface area contributed by atoms with E-state index in [-0.39, 0.29) is 31.0 Å². The fourth-order valence-electron chi connectivity index (χ4n) is 3.81. The molecule has 168 valence electrons. The van der Waals surface area contributed by atoms with Crippen molar-refractivity contribution < 1.29 is 23.9 Å². The second-order valence-electron chi connectivity index (χ2n) is 7.61. The number of benzene rings is 2. The molecule has 0 radical (unpaired) electrons. The highest BCUT2D eigenvalue weighted by Gasteiger charge is 2.21. The summed E-state index contributed by atoms with van der Waals surface area (Å²) in [6.45, 7) is 3.93. The normalized spacial score (nSPS) is 17.4. The van der Waals surface area contributed by atoms with E-state index < -0.39 is 4.92 Å². The van der Waals surface area contributed by atoms with Crippen molar-refractivity contribution in [3.05, 3.63) is 75.3 Å². The van der Waals surface area contributed by atoms with Gasteiger partial charge in [-0.25, -0.2) is 0 Å². The highest BCUT2D eigenvalue weighted by Crippen LogP contribution is 2.33. The predicted octanol–water partition coefficient (Wildman–Crippen LogP) is 2.66. The summed E-state index contributed by atoms with van der Waals surface area (Å²) in [7, 11) is 0. The average Bonchev–Trinajstić information content (AvgIpc) is 2.83. The van der Waals surface area contributed by atoms with Gasteiger partial charge in [0.15, 0.2) is 6.79 Å². The lowest BCUT2D eigenvalue weighted by Gasteiger charge is -2.31. The minimum atomic E-state index is -0.472. The fourth-order valence-corrected chi connectivity index (χ4v) is 3.81. The van der Waals surface area contributed by atoms with E-state index in [0.29, 0.717) is 36.6 Å². The highest BCUT2D eigenvalue weighted by atomic mass is 16.7. The van der Waals surface area contributed by atoms with E-state index in [4.69, 9.17) is 14.2 Å². The molecule has 9 heteroatoms. The van der Waals surface area contributed by atoms with E-state index in [1.165, 1.54) is 18.2 Å². The molecule has 2 aromatic carbocycles. The molecule has 0 bridgehead atoms. The topological polar surface area (TPSA) is 103 Å². The van der Waals surface area contributed by atoms with Crippen LogP contribution in [0.1, 0.15) is 22.7 Å². The number of rotatable bonds is 7. The molecule has 1 fully saturated rings. The van der Waals surface area contributed by atoms with Crippen LogP contribution in [0.2, 0.25) is 0 Å². The molecule has 1 saturated heterocycles. The molecule has 2 heterocycles. The number of fused-ring (bicyclic) bond motifs is 1. The maximum absolute atomic E-state index is 12.8. The van der Waals surface area contributed by atoms with Crippen LogP contribution in [0, 0.1) is 10.1 Å². The molecule has 32 heavy (non-hydrogen) atoms. The van der Waals surface area contributed by atoms with E-state index in [2.05, 4.69) is 10.2 Å². The maximum Gasteiger partial charge on any atom is 0.270 e. The standard InChI is InChI=1S/C23H25N3O6/c27-22(7-6-18-12-20(26(28)29)13-19-15-31-16-32-23(18)19)24-21(17-4-2-1-3-5-17)14-25-8-10-30-11-9-25/h1-7,12-13,21H,8-11,14-16H2,(H,24,27)/b7-6+. The molecule has 2 aliphatic rings. The van der Waals surface area contributed by atoms with Gasteiger partial charge in [-0.05, 0) is 11.6 Å². The average molecular weight is 439 g/mol. The lowest BCUT2D eigenvalue weighted by Crippen LogP contribution is -2.42. The molecule has 0 saturated carbocycles. The van der Waals surface area contributed by atoms with Gasteiger partial charge in [0.1, 0.15) is 5.75 Å². The monoisotopic (exact) mass is 439 g/mol. The molecule has 0 spiro atoms. The van der Waals surface area contributed by atoms with Crippen molar-refractivity contribution in [2.75, 3.05) is 39.6 Å². The first kappa shape index (κ1) is 21.9. The molecule has 9 nitrogen and oxygen atoms in total. The molecular weight excluding hydrogens is 414 g/mol. The summed E-state index contributed by atoms with van der Waals surface area (Å²) in [5.41, 5.74) is 1.98. The quantitative estimate of drug-likeness (QED) is 0.402. The third-order valence-electron chi connectivity index (χ3n) is 5.41. The molecule has 4 rings (SSSR count). The van der Waals surface area contributed by atoms with Gasteiger partial charge in [-0.1, -0.05) is 30.3 Å². The third kappa shape index (κ3) is 5.50. The minimum Gasteiger partial charge on any atom is -0.467 e. The smallest absolute Gasteiger partial charge is 0.270 e. The highest BCUT2D eigenvalue weighted by molar-refractivity contribution is 5.92. The van der Waals surface area contributed by atoms with Gasteiger partial charge in [-0.3, -0.25) is 19.8 Å². The molecule has 1 unspecified atom stereocenters. The maximum atomic E-state index is 12.8. The summed E-state index contributed by atoms with van der Waals surface area (Å²) in [6.07, 6.45) is 2.93. The Hall–Kier alpha value is -3.27. The van der Waals surface area contributed by atoms with Crippen LogP contribution < -0.4 is 10.1 Å². The summed E-state index contributed by atoms with van der Waals surface area (Å²) in [4.78, 5) is 25.9. The minimum absolute atomic E-state index is 0.0630. The van der Waals surface area contributed by atoms with Crippen molar-refractivity contribution in [1.82, 2.24) is 10.2 Å². The Bertz CT molecular complexity index is 989. The first-order valence-electron chi connectivity index (χ1n) is 10.5. The zero-order chi connectivity index (χ0) is 22.3. The number of hydrogen-bond acceptors (Lipinski definition) is 7. The second-order valence-corrected chi connectivity index (χ2v) is 7.61. The van der Waals surface area contributed by atoms with Crippen molar-refractivity contribution in [2.45, 2.75) is 12.6 Å². The Morgan fingerprint density at radius 3 is 2.72 bits per heavy atom. The van der Waals surface area contributed by atoms with Gasteiger partial charge in [-0.2, -0.15) is 0 Å².